The summed E-state index contributed by atoms with van der Waals surface area (Å²) in [6, 6.07) is 6.45. The van der Waals surface area contributed by atoms with Crippen LogP contribution in [0.2, 0.25) is 0 Å². The van der Waals surface area contributed by atoms with Crippen LogP contribution in [0.5, 0.6) is 0 Å². The fourth-order valence-electron chi connectivity index (χ4n) is 1.92. The molecule has 1 atom stereocenters. The van der Waals surface area contributed by atoms with Crippen molar-refractivity contribution in [2.24, 2.45) is 0 Å². The number of nitrogens with one attached hydrogen (secondary N) is 1. The number of nitriles is 1. The molecule has 0 aliphatic rings. The molecule has 0 aromatic carbocycles. The first kappa shape index (κ1) is 14.6. The lowest BCUT2D eigenvalue weighted by atomic mass is 10.2. The van der Waals surface area contributed by atoms with Gasteiger partial charge in [-0.1, -0.05) is 13.0 Å². The minimum atomic E-state index is 0.233. The summed E-state index contributed by atoms with van der Waals surface area (Å²) in [7, 11) is 4.07. The van der Waals surface area contributed by atoms with Gasteiger partial charge in [0.15, 0.2) is 5.89 Å². The van der Waals surface area contributed by atoms with Crippen LogP contribution >= 0.6 is 11.3 Å². The largest absolute Gasteiger partial charge is 0.424 e. The number of oxazole rings is 1. The summed E-state index contributed by atoms with van der Waals surface area (Å²) in [6.45, 7) is 2.62. The zero-order valence-electron chi connectivity index (χ0n) is 11.9. The van der Waals surface area contributed by atoms with E-state index in [1.807, 2.05) is 27.1 Å². The predicted molar refractivity (Wildman–Crippen MR) is 79.8 cm³/mol. The number of thiophene rings is 1. The van der Waals surface area contributed by atoms with E-state index in [2.05, 4.69) is 32.7 Å². The highest BCUT2D eigenvalue weighted by Gasteiger charge is 2.18. The third-order valence-electron chi connectivity index (χ3n) is 3.03. The Balaban J connectivity index is 2.10. The van der Waals surface area contributed by atoms with Crippen molar-refractivity contribution in [3.05, 3.63) is 34.0 Å². The highest BCUT2D eigenvalue weighted by molar-refractivity contribution is 7.10. The first-order chi connectivity index (χ1) is 9.65. The highest BCUT2D eigenvalue weighted by Crippen LogP contribution is 2.25. The minimum absolute atomic E-state index is 0.233. The molecular weight excluding hydrogens is 272 g/mol. The van der Waals surface area contributed by atoms with Crippen LogP contribution in [0.25, 0.3) is 0 Å². The van der Waals surface area contributed by atoms with Crippen molar-refractivity contribution < 1.29 is 4.42 Å². The number of hydrogen-bond donors (Lipinski definition) is 1. The van der Waals surface area contributed by atoms with E-state index >= 15 is 0 Å². The van der Waals surface area contributed by atoms with Crippen LogP contribution in [0.4, 0.5) is 5.88 Å². The molecule has 0 unspecified atom stereocenters. The van der Waals surface area contributed by atoms with E-state index < -0.39 is 0 Å². The monoisotopic (exact) mass is 290 g/mol. The van der Waals surface area contributed by atoms with Crippen molar-refractivity contribution in [1.82, 2.24) is 9.88 Å². The van der Waals surface area contributed by atoms with E-state index in [9.17, 15) is 0 Å². The molecule has 0 radical (unpaired) electrons. The van der Waals surface area contributed by atoms with Crippen molar-refractivity contribution in [3.63, 3.8) is 0 Å². The van der Waals surface area contributed by atoms with Gasteiger partial charge in [0.25, 0.3) is 0 Å². The molecule has 1 N–H and O–H groups in total. The molecule has 20 heavy (non-hydrogen) atoms. The first-order valence-electron chi connectivity index (χ1n) is 6.49. The highest BCUT2D eigenvalue weighted by atomic mass is 32.1. The molecule has 106 valence electrons. The van der Waals surface area contributed by atoms with Gasteiger partial charge in [0, 0.05) is 17.8 Å². The van der Waals surface area contributed by atoms with Gasteiger partial charge in [0.2, 0.25) is 11.6 Å². The molecule has 0 amide bonds. The summed E-state index contributed by atoms with van der Waals surface area (Å²) < 4.78 is 5.54. The van der Waals surface area contributed by atoms with Crippen LogP contribution in [-0.4, -0.2) is 30.5 Å². The van der Waals surface area contributed by atoms with Gasteiger partial charge in [0.05, 0.1) is 6.04 Å². The Hall–Kier alpha value is -1.84. The third kappa shape index (κ3) is 3.18. The number of anilines is 1. The van der Waals surface area contributed by atoms with Gasteiger partial charge in [-0.15, -0.1) is 11.3 Å². The van der Waals surface area contributed by atoms with E-state index in [-0.39, 0.29) is 6.04 Å². The van der Waals surface area contributed by atoms with Crippen molar-refractivity contribution in [2.45, 2.75) is 19.4 Å². The molecule has 5 nitrogen and oxygen atoms in total. The van der Waals surface area contributed by atoms with Gasteiger partial charge >= 0.3 is 0 Å². The molecule has 0 fully saturated rings. The van der Waals surface area contributed by atoms with Crippen LogP contribution in [-0.2, 0) is 6.42 Å². The smallest absolute Gasteiger partial charge is 0.232 e. The molecule has 2 aromatic rings. The van der Waals surface area contributed by atoms with E-state index in [0.717, 1.165) is 0 Å². The van der Waals surface area contributed by atoms with Crippen molar-refractivity contribution in [2.75, 3.05) is 26.0 Å². The van der Waals surface area contributed by atoms with E-state index in [1.165, 1.54) is 4.88 Å². The second-order valence-corrected chi connectivity index (χ2v) is 5.61. The maximum absolute atomic E-state index is 9.06. The van der Waals surface area contributed by atoms with Crippen molar-refractivity contribution >= 4 is 17.2 Å². The molecule has 2 rings (SSSR count). The number of likely N-dealkylation sites (N-methyl/N-ethyl adjacent to an activating group) is 1. The van der Waals surface area contributed by atoms with Gasteiger partial charge in [-0.25, -0.2) is 4.98 Å². The standard InChI is InChI=1S/C14H18N4OS/c1-4-13-17-10(8-15)14(19-13)16-9-11(18(2)3)12-6-5-7-20-12/h5-7,11,16H,4,9H2,1-3H3/t11-/m0/s1. The lowest BCUT2D eigenvalue weighted by Gasteiger charge is -2.23. The summed E-state index contributed by atoms with van der Waals surface area (Å²) in [5.74, 6) is 1.05. The SMILES string of the molecule is CCc1nc(C#N)c(NC[C@@H](c2cccs2)N(C)C)o1. The lowest BCUT2D eigenvalue weighted by molar-refractivity contribution is 0.314. The zero-order chi connectivity index (χ0) is 14.5. The molecule has 0 aliphatic heterocycles. The summed E-state index contributed by atoms with van der Waals surface area (Å²) >= 11 is 1.72. The predicted octanol–water partition coefficient (Wildman–Crippen LogP) is 2.88. The molecule has 0 spiro atoms. The molecule has 0 saturated carbocycles. The normalized spacial score (nSPS) is 12.3. The Morgan fingerprint density at radius 2 is 2.35 bits per heavy atom. The fourth-order valence-corrected chi connectivity index (χ4v) is 2.84. The zero-order valence-corrected chi connectivity index (χ0v) is 12.7. The Kier molecular flexibility index (Phi) is 4.77. The van der Waals surface area contributed by atoms with Gasteiger partial charge in [-0.3, -0.25) is 0 Å². The lowest BCUT2D eigenvalue weighted by Crippen LogP contribution is -2.26. The molecule has 0 bridgehead atoms. The topological polar surface area (TPSA) is 65.1 Å². The van der Waals surface area contributed by atoms with Crippen molar-refractivity contribution in [3.8, 4) is 6.07 Å². The summed E-state index contributed by atoms with van der Waals surface area (Å²) in [5, 5.41) is 14.3. The minimum Gasteiger partial charge on any atom is -0.424 e. The molecule has 2 aromatic heterocycles. The molecule has 2 heterocycles. The second kappa shape index (κ2) is 6.55. The molecular formula is C14H18N4OS. The number of aromatic nitrogens is 1. The van der Waals surface area contributed by atoms with Gasteiger partial charge in [-0.2, -0.15) is 5.26 Å². The van der Waals surface area contributed by atoms with Gasteiger partial charge < -0.3 is 14.6 Å². The van der Waals surface area contributed by atoms with E-state index in [0.29, 0.717) is 30.4 Å². The number of hydrogen-bond acceptors (Lipinski definition) is 6. The maximum atomic E-state index is 9.06. The van der Waals surface area contributed by atoms with E-state index in [1.54, 1.807) is 11.3 Å². The van der Waals surface area contributed by atoms with E-state index in [4.69, 9.17) is 9.68 Å². The Labute approximate surface area is 122 Å². The summed E-state index contributed by atoms with van der Waals surface area (Å²) in [5.41, 5.74) is 0.325. The summed E-state index contributed by atoms with van der Waals surface area (Å²) in [6.07, 6.45) is 0.679. The maximum Gasteiger partial charge on any atom is 0.232 e. The second-order valence-electron chi connectivity index (χ2n) is 4.63. The van der Waals surface area contributed by atoms with Crippen LogP contribution in [0.1, 0.15) is 29.4 Å². The van der Waals surface area contributed by atoms with Crippen molar-refractivity contribution in [1.29, 1.82) is 5.26 Å². The average Bonchev–Trinajstić information content (AvgIpc) is 3.07. The first-order valence-corrected chi connectivity index (χ1v) is 7.37. The third-order valence-corrected chi connectivity index (χ3v) is 4.00. The quantitative estimate of drug-likeness (QED) is 0.886. The molecule has 0 aliphatic carbocycles. The number of nitrogens with zero attached hydrogens (tertiary/aromatic N) is 3. The molecule has 6 heteroatoms. The fraction of sp³-hybridized carbons (Fsp3) is 0.429. The van der Waals surface area contributed by atoms with Crippen LogP contribution in [0.15, 0.2) is 21.9 Å². The Morgan fingerprint density at radius 1 is 1.55 bits per heavy atom. The molecule has 0 saturated heterocycles. The van der Waals surface area contributed by atoms with Crippen LogP contribution in [0, 0.1) is 11.3 Å². The summed E-state index contributed by atoms with van der Waals surface area (Å²) in [4.78, 5) is 7.55. The van der Waals surface area contributed by atoms with Crippen LogP contribution < -0.4 is 5.32 Å². The Bertz CT molecular complexity index is 583. The van der Waals surface area contributed by atoms with Gasteiger partial charge in [-0.05, 0) is 25.5 Å². The average molecular weight is 290 g/mol. The number of rotatable bonds is 6. The van der Waals surface area contributed by atoms with Gasteiger partial charge in [0.1, 0.15) is 6.07 Å². The van der Waals surface area contributed by atoms with Crippen LogP contribution in [0.3, 0.4) is 0 Å². The number of aryl methyl sites for hydroxylation is 1. The Morgan fingerprint density at radius 3 is 2.90 bits per heavy atom.